The van der Waals surface area contributed by atoms with Crippen LogP contribution in [-0.2, 0) is 11.8 Å². The predicted octanol–water partition coefficient (Wildman–Crippen LogP) is 3.18. The number of piperidine rings is 1. The lowest BCUT2D eigenvalue weighted by atomic mass is 10.0. The number of likely N-dealkylation sites (tertiary alicyclic amines) is 1. The van der Waals surface area contributed by atoms with E-state index in [1.165, 1.54) is 0 Å². The van der Waals surface area contributed by atoms with Gasteiger partial charge >= 0.3 is 0 Å². The molecule has 0 spiro atoms. The number of hydrogen-bond donors (Lipinski definition) is 1. The summed E-state index contributed by atoms with van der Waals surface area (Å²) in [5.41, 5.74) is 1.26. The number of nitrogens with one attached hydrogen (secondary N) is 1. The van der Waals surface area contributed by atoms with Gasteiger partial charge in [0.1, 0.15) is 0 Å². The largest absolute Gasteiger partial charge is 0.342 e. The Morgan fingerprint density at radius 2 is 1.90 bits per heavy atom. The average molecular weight is 435 g/mol. The highest BCUT2D eigenvalue weighted by molar-refractivity contribution is 6.34. The van der Waals surface area contributed by atoms with Gasteiger partial charge in [0.25, 0.3) is 0 Å². The van der Waals surface area contributed by atoms with Gasteiger partial charge in [-0.1, -0.05) is 23.2 Å². The number of fused-ring (bicyclic) bond motifs is 1. The van der Waals surface area contributed by atoms with Crippen LogP contribution < -0.4 is 5.32 Å². The number of anilines is 2. The highest BCUT2D eigenvalue weighted by atomic mass is 35.5. The summed E-state index contributed by atoms with van der Waals surface area (Å²) in [5, 5.41) is 13.1. The molecule has 1 aliphatic heterocycles. The summed E-state index contributed by atoms with van der Waals surface area (Å²) >= 11 is 12.4. The first kappa shape index (κ1) is 18.6. The molecule has 29 heavy (non-hydrogen) atoms. The van der Waals surface area contributed by atoms with Gasteiger partial charge in [0.2, 0.25) is 11.9 Å². The van der Waals surface area contributed by atoms with Crippen LogP contribution >= 0.6 is 23.2 Å². The van der Waals surface area contributed by atoms with Gasteiger partial charge in [0.15, 0.2) is 16.0 Å². The minimum Gasteiger partial charge on any atom is -0.342 e. The number of amides is 1. The summed E-state index contributed by atoms with van der Waals surface area (Å²) in [6, 6.07) is 0.214. The summed E-state index contributed by atoms with van der Waals surface area (Å²) in [6.07, 6.45) is 7.32. The fourth-order valence-electron chi connectivity index (χ4n) is 3.76. The zero-order valence-corrected chi connectivity index (χ0v) is 17.4. The maximum atomic E-state index is 12.2. The average Bonchev–Trinajstić information content (AvgIpc) is 3.46. The van der Waals surface area contributed by atoms with Crippen molar-refractivity contribution in [3.63, 3.8) is 0 Å². The summed E-state index contributed by atoms with van der Waals surface area (Å²) < 4.78 is 3.48. The first-order valence-corrected chi connectivity index (χ1v) is 10.4. The molecule has 3 aromatic heterocycles. The van der Waals surface area contributed by atoms with E-state index in [1.807, 2.05) is 15.8 Å². The van der Waals surface area contributed by atoms with Gasteiger partial charge in [-0.3, -0.25) is 9.48 Å². The fraction of sp³-hybridized carbons (Fsp3) is 0.500. The molecule has 0 unspecified atom stereocenters. The van der Waals surface area contributed by atoms with Gasteiger partial charge in [-0.2, -0.15) is 15.2 Å². The van der Waals surface area contributed by atoms with Crippen LogP contribution in [0.3, 0.4) is 0 Å². The number of hydrogen-bond acceptors (Lipinski definition) is 6. The Morgan fingerprint density at radius 1 is 1.14 bits per heavy atom. The highest BCUT2D eigenvalue weighted by Crippen LogP contribution is 2.34. The number of nitrogens with zero attached hydrogens (tertiary/aromatic N) is 7. The molecule has 3 aromatic rings. The normalized spacial score (nSPS) is 17.8. The molecule has 0 radical (unpaired) electrons. The van der Waals surface area contributed by atoms with Crippen LogP contribution in [0.25, 0.3) is 11.0 Å². The van der Waals surface area contributed by atoms with Crippen molar-refractivity contribution >= 4 is 51.8 Å². The summed E-state index contributed by atoms with van der Waals surface area (Å²) in [7, 11) is 1.77. The Balaban J connectivity index is 1.29. The number of rotatable bonds is 4. The van der Waals surface area contributed by atoms with Crippen LogP contribution in [0.2, 0.25) is 10.3 Å². The number of halogens is 2. The van der Waals surface area contributed by atoms with E-state index in [2.05, 4.69) is 25.5 Å². The van der Waals surface area contributed by atoms with Gasteiger partial charge in [-0.25, -0.2) is 9.67 Å². The monoisotopic (exact) mass is 434 g/mol. The first-order valence-electron chi connectivity index (χ1n) is 9.65. The van der Waals surface area contributed by atoms with E-state index in [0.717, 1.165) is 38.8 Å². The van der Waals surface area contributed by atoms with Crippen LogP contribution in [-0.4, -0.2) is 53.4 Å². The van der Waals surface area contributed by atoms with Crippen molar-refractivity contribution in [3.8, 4) is 0 Å². The Morgan fingerprint density at radius 3 is 2.62 bits per heavy atom. The lowest BCUT2D eigenvalue weighted by Crippen LogP contribution is -2.39. The third kappa shape index (κ3) is 3.53. The molecule has 4 heterocycles. The molecule has 0 atom stereocenters. The number of carbonyl (C=O) groups is 1. The van der Waals surface area contributed by atoms with Crippen LogP contribution in [0, 0.1) is 5.92 Å². The van der Waals surface area contributed by atoms with E-state index in [4.69, 9.17) is 23.2 Å². The molecule has 1 saturated carbocycles. The third-order valence-electron chi connectivity index (χ3n) is 5.55. The molecule has 1 saturated heterocycles. The quantitative estimate of drug-likeness (QED) is 0.677. The number of aryl methyl sites for hydroxylation is 1. The van der Waals surface area contributed by atoms with Crippen molar-refractivity contribution in [2.45, 2.75) is 31.7 Å². The number of aromatic nitrogens is 6. The predicted molar refractivity (Wildman–Crippen MR) is 109 cm³/mol. The molecule has 0 bridgehead atoms. The zero-order valence-electron chi connectivity index (χ0n) is 15.8. The molecule has 0 aromatic carbocycles. The van der Waals surface area contributed by atoms with Gasteiger partial charge in [0.05, 0.1) is 23.3 Å². The molecule has 9 nitrogen and oxygen atoms in total. The van der Waals surface area contributed by atoms with Crippen LogP contribution in [0.4, 0.5) is 11.6 Å². The minimum absolute atomic E-state index is 0.214. The van der Waals surface area contributed by atoms with E-state index in [1.54, 1.807) is 17.9 Å². The van der Waals surface area contributed by atoms with Crippen molar-refractivity contribution in [2.75, 3.05) is 18.4 Å². The zero-order chi connectivity index (χ0) is 20.1. The standard InChI is InChI=1S/C18H20Cl2N8O/c1-26-16-12(14(19)24-26)8-21-18(23-16)22-13-9-28(25-15(13)20)11-4-6-27(7-5-11)17(29)10-2-3-10/h8-11H,2-7H2,1H3,(H,21,22,23). The Labute approximate surface area is 177 Å². The second kappa shape index (κ2) is 7.14. The summed E-state index contributed by atoms with van der Waals surface area (Å²) in [6.45, 7) is 1.53. The molecule has 2 aliphatic rings. The summed E-state index contributed by atoms with van der Waals surface area (Å²) in [5.74, 6) is 0.976. The minimum atomic E-state index is 0.214. The molecular formula is C18H20Cl2N8O. The van der Waals surface area contributed by atoms with E-state index in [9.17, 15) is 4.79 Å². The van der Waals surface area contributed by atoms with E-state index in [0.29, 0.717) is 38.9 Å². The summed E-state index contributed by atoms with van der Waals surface area (Å²) in [4.78, 5) is 23.0. The van der Waals surface area contributed by atoms with Crippen molar-refractivity contribution in [3.05, 3.63) is 22.7 Å². The number of carbonyl (C=O) groups excluding carboxylic acids is 1. The molecule has 152 valence electrons. The Hall–Kier alpha value is -2.39. The maximum absolute atomic E-state index is 12.2. The lowest BCUT2D eigenvalue weighted by molar-refractivity contribution is -0.133. The molecular weight excluding hydrogens is 415 g/mol. The topological polar surface area (TPSA) is 93.8 Å². The van der Waals surface area contributed by atoms with Crippen molar-refractivity contribution in [1.82, 2.24) is 34.4 Å². The van der Waals surface area contributed by atoms with Gasteiger partial charge in [-0.05, 0) is 25.7 Å². The second-order valence-electron chi connectivity index (χ2n) is 7.61. The molecule has 5 rings (SSSR count). The molecule has 1 aliphatic carbocycles. The Kier molecular flexibility index (Phi) is 4.59. The van der Waals surface area contributed by atoms with Crippen molar-refractivity contribution in [1.29, 1.82) is 0 Å². The van der Waals surface area contributed by atoms with Gasteiger partial charge < -0.3 is 10.2 Å². The smallest absolute Gasteiger partial charge is 0.229 e. The van der Waals surface area contributed by atoms with Crippen molar-refractivity contribution < 1.29 is 4.79 Å². The maximum Gasteiger partial charge on any atom is 0.229 e. The highest BCUT2D eigenvalue weighted by Gasteiger charge is 2.35. The van der Waals surface area contributed by atoms with E-state index >= 15 is 0 Å². The van der Waals surface area contributed by atoms with Crippen molar-refractivity contribution in [2.24, 2.45) is 13.0 Å². The van der Waals surface area contributed by atoms with Gasteiger partial charge in [-0.15, -0.1) is 0 Å². The van der Waals surface area contributed by atoms with Crippen LogP contribution in [0.15, 0.2) is 12.4 Å². The molecule has 1 amide bonds. The molecule has 1 N–H and O–H groups in total. The van der Waals surface area contributed by atoms with E-state index < -0.39 is 0 Å². The third-order valence-corrected chi connectivity index (χ3v) is 6.10. The molecule has 11 heteroatoms. The Bertz CT molecular complexity index is 1080. The van der Waals surface area contributed by atoms with Crippen LogP contribution in [0.1, 0.15) is 31.7 Å². The SMILES string of the molecule is Cn1nc(Cl)c2cnc(Nc3cn(C4CCN(C(=O)C5CC5)CC4)nc3Cl)nc21. The lowest BCUT2D eigenvalue weighted by Gasteiger charge is -2.32. The fourth-order valence-corrected chi connectivity index (χ4v) is 4.19. The first-order chi connectivity index (χ1) is 14.0. The van der Waals surface area contributed by atoms with Crippen LogP contribution in [0.5, 0.6) is 0 Å². The second-order valence-corrected chi connectivity index (χ2v) is 8.33. The van der Waals surface area contributed by atoms with Gasteiger partial charge in [0, 0.05) is 32.3 Å². The molecule has 2 fully saturated rings. The van der Waals surface area contributed by atoms with E-state index in [-0.39, 0.29) is 12.0 Å².